The molecule has 0 bridgehead atoms. The molecule has 0 aliphatic carbocycles. The summed E-state index contributed by atoms with van der Waals surface area (Å²) in [5.74, 6) is 0.702. The average molecular weight is 302 g/mol. The number of hydrogen-bond acceptors (Lipinski definition) is 6. The molecule has 1 fully saturated rings. The third kappa shape index (κ3) is 2.64. The molecule has 8 nitrogen and oxygen atoms in total. The lowest BCUT2D eigenvalue weighted by molar-refractivity contribution is 0.0714. The van der Waals surface area contributed by atoms with Crippen LogP contribution in [0.3, 0.4) is 0 Å². The molecule has 3 rings (SSSR count). The van der Waals surface area contributed by atoms with E-state index in [4.69, 9.17) is 4.74 Å². The van der Waals surface area contributed by atoms with Gasteiger partial charge >= 0.3 is 0 Å². The zero-order valence-corrected chi connectivity index (χ0v) is 12.5. The normalized spacial score (nSPS) is 21.1. The molecule has 0 saturated carbocycles. The SMILES string of the molecule is CNc1ccc(C(=O)N2C[C@@H](OC)[C@H](c3cn[nH]n3)C2)cn1. The average Bonchev–Trinajstić information content (AvgIpc) is 3.23. The number of anilines is 1. The Bertz CT molecular complexity index is 627. The van der Waals surface area contributed by atoms with E-state index in [0.29, 0.717) is 18.7 Å². The number of aromatic nitrogens is 4. The number of amides is 1. The largest absolute Gasteiger partial charge is 0.379 e. The van der Waals surface area contributed by atoms with Crippen LogP contribution < -0.4 is 5.32 Å². The molecular formula is C14H18N6O2. The molecule has 0 radical (unpaired) electrons. The van der Waals surface area contributed by atoms with Gasteiger partial charge in [0.2, 0.25) is 0 Å². The van der Waals surface area contributed by atoms with Crippen molar-refractivity contribution >= 4 is 11.7 Å². The molecule has 0 aromatic carbocycles. The number of aromatic amines is 1. The zero-order chi connectivity index (χ0) is 15.5. The highest BCUT2D eigenvalue weighted by atomic mass is 16.5. The minimum Gasteiger partial charge on any atom is -0.379 e. The molecule has 1 saturated heterocycles. The third-order valence-corrected chi connectivity index (χ3v) is 3.94. The minimum atomic E-state index is -0.0846. The lowest BCUT2D eigenvalue weighted by atomic mass is 10.0. The monoisotopic (exact) mass is 302 g/mol. The van der Waals surface area contributed by atoms with Crippen molar-refractivity contribution in [2.75, 3.05) is 32.6 Å². The van der Waals surface area contributed by atoms with Gasteiger partial charge in [-0.3, -0.25) is 4.79 Å². The fourth-order valence-electron chi connectivity index (χ4n) is 2.70. The zero-order valence-electron chi connectivity index (χ0n) is 12.5. The number of nitrogens with zero attached hydrogens (tertiary/aromatic N) is 4. The van der Waals surface area contributed by atoms with E-state index in [0.717, 1.165) is 11.5 Å². The summed E-state index contributed by atoms with van der Waals surface area (Å²) < 4.78 is 5.50. The van der Waals surface area contributed by atoms with Gasteiger partial charge in [0.1, 0.15) is 5.82 Å². The van der Waals surface area contributed by atoms with Crippen LogP contribution in [0.1, 0.15) is 22.0 Å². The molecule has 2 atom stereocenters. The molecule has 2 aromatic heterocycles. The van der Waals surface area contributed by atoms with Crippen LogP contribution in [0.5, 0.6) is 0 Å². The van der Waals surface area contributed by atoms with Crippen molar-refractivity contribution in [2.45, 2.75) is 12.0 Å². The number of ether oxygens (including phenoxy) is 1. The number of rotatable bonds is 4. The molecule has 116 valence electrons. The van der Waals surface area contributed by atoms with Crippen molar-refractivity contribution in [1.29, 1.82) is 0 Å². The predicted octanol–water partition coefficient (Wildman–Crippen LogP) is 0.496. The molecule has 2 aromatic rings. The number of carbonyl (C=O) groups excluding carboxylic acids is 1. The minimum absolute atomic E-state index is 0.0252. The van der Waals surface area contributed by atoms with Crippen molar-refractivity contribution in [2.24, 2.45) is 0 Å². The quantitative estimate of drug-likeness (QED) is 0.853. The first kappa shape index (κ1) is 14.5. The van der Waals surface area contributed by atoms with E-state index in [1.54, 1.807) is 43.6 Å². The van der Waals surface area contributed by atoms with Crippen LogP contribution in [0, 0.1) is 0 Å². The fraction of sp³-hybridized carbons (Fsp3) is 0.429. The fourth-order valence-corrected chi connectivity index (χ4v) is 2.70. The maximum Gasteiger partial charge on any atom is 0.255 e. The number of methoxy groups -OCH3 is 1. The third-order valence-electron chi connectivity index (χ3n) is 3.94. The Hall–Kier alpha value is -2.48. The van der Waals surface area contributed by atoms with Crippen LogP contribution in [0.15, 0.2) is 24.5 Å². The molecule has 0 unspecified atom stereocenters. The summed E-state index contributed by atoms with van der Waals surface area (Å²) in [5, 5.41) is 13.5. The highest BCUT2D eigenvalue weighted by Gasteiger charge is 2.38. The number of nitrogens with one attached hydrogen (secondary N) is 2. The number of carbonyl (C=O) groups is 1. The van der Waals surface area contributed by atoms with Gasteiger partial charge in [-0.1, -0.05) is 0 Å². The van der Waals surface area contributed by atoms with Crippen LogP contribution >= 0.6 is 0 Å². The van der Waals surface area contributed by atoms with Crippen molar-refractivity contribution in [3.63, 3.8) is 0 Å². The van der Waals surface area contributed by atoms with E-state index in [1.807, 2.05) is 0 Å². The van der Waals surface area contributed by atoms with Gasteiger partial charge in [0.15, 0.2) is 0 Å². The molecule has 8 heteroatoms. The highest BCUT2D eigenvalue weighted by Crippen LogP contribution is 2.28. The molecule has 3 heterocycles. The Morgan fingerprint density at radius 1 is 1.41 bits per heavy atom. The number of pyridine rings is 1. The van der Waals surface area contributed by atoms with Gasteiger partial charge in [-0.2, -0.15) is 15.4 Å². The second kappa shape index (κ2) is 6.10. The molecule has 2 N–H and O–H groups in total. The van der Waals surface area contributed by atoms with Gasteiger partial charge in [0, 0.05) is 33.4 Å². The van der Waals surface area contributed by atoms with Crippen LogP contribution in [-0.4, -0.2) is 64.6 Å². The van der Waals surface area contributed by atoms with Gasteiger partial charge in [0.25, 0.3) is 5.91 Å². The molecule has 1 aliphatic heterocycles. The van der Waals surface area contributed by atoms with Crippen molar-refractivity contribution < 1.29 is 9.53 Å². The van der Waals surface area contributed by atoms with Crippen LogP contribution in [0.4, 0.5) is 5.82 Å². The van der Waals surface area contributed by atoms with E-state index in [1.165, 1.54) is 0 Å². The summed E-state index contributed by atoms with van der Waals surface area (Å²) in [4.78, 5) is 18.5. The van der Waals surface area contributed by atoms with Gasteiger partial charge in [-0.25, -0.2) is 4.98 Å². The first-order chi connectivity index (χ1) is 10.7. The van der Waals surface area contributed by atoms with Crippen LogP contribution in [0.25, 0.3) is 0 Å². The number of likely N-dealkylation sites (tertiary alicyclic amines) is 1. The molecule has 22 heavy (non-hydrogen) atoms. The lowest BCUT2D eigenvalue weighted by Gasteiger charge is -2.15. The van der Waals surface area contributed by atoms with Crippen molar-refractivity contribution in [3.8, 4) is 0 Å². The van der Waals surface area contributed by atoms with Crippen LogP contribution in [-0.2, 0) is 4.74 Å². The van der Waals surface area contributed by atoms with E-state index >= 15 is 0 Å². The summed E-state index contributed by atoms with van der Waals surface area (Å²) >= 11 is 0. The Labute approximate surface area is 127 Å². The van der Waals surface area contributed by atoms with E-state index in [-0.39, 0.29) is 17.9 Å². The molecule has 0 spiro atoms. The Balaban J connectivity index is 1.76. The summed E-state index contributed by atoms with van der Waals surface area (Å²) in [7, 11) is 3.44. The molecular weight excluding hydrogens is 284 g/mol. The number of H-pyrrole nitrogens is 1. The Morgan fingerprint density at radius 2 is 2.27 bits per heavy atom. The van der Waals surface area contributed by atoms with Gasteiger partial charge in [0.05, 0.1) is 29.5 Å². The summed E-state index contributed by atoms with van der Waals surface area (Å²) in [6.07, 6.45) is 3.17. The standard InChI is InChI=1S/C14H18N6O2/c1-15-13-4-3-9(5-16-13)14(21)20-7-10(12(8-20)22-2)11-6-17-19-18-11/h3-6,10,12H,7-8H2,1-2H3,(H,15,16)(H,17,18,19)/t10-,12+/m0/s1. The topological polar surface area (TPSA) is 96.0 Å². The van der Waals surface area contributed by atoms with E-state index in [2.05, 4.69) is 25.7 Å². The van der Waals surface area contributed by atoms with Gasteiger partial charge in [-0.15, -0.1) is 0 Å². The Morgan fingerprint density at radius 3 is 2.86 bits per heavy atom. The predicted molar refractivity (Wildman–Crippen MR) is 79.6 cm³/mol. The van der Waals surface area contributed by atoms with Crippen LogP contribution in [0.2, 0.25) is 0 Å². The van der Waals surface area contributed by atoms with E-state index in [9.17, 15) is 4.79 Å². The Kier molecular flexibility index (Phi) is 4.01. The summed E-state index contributed by atoms with van der Waals surface area (Å²) in [6.45, 7) is 1.08. The van der Waals surface area contributed by atoms with Gasteiger partial charge < -0.3 is 15.0 Å². The smallest absolute Gasteiger partial charge is 0.255 e. The van der Waals surface area contributed by atoms with Crippen molar-refractivity contribution in [1.82, 2.24) is 25.3 Å². The summed E-state index contributed by atoms with van der Waals surface area (Å²) in [5.41, 5.74) is 1.38. The highest BCUT2D eigenvalue weighted by molar-refractivity contribution is 5.94. The lowest BCUT2D eigenvalue weighted by Crippen LogP contribution is -2.30. The second-order valence-electron chi connectivity index (χ2n) is 5.17. The summed E-state index contributed by atoms with van der Waals surface area (Å²) in [6, 6.07) is 3.55. The maximum atomic E-state index is 12.6. The second-order valence-corrected chi connectivity index (χ2v) is 5.17. The maximum absolute atomic E-state index is 12.6. The van der Waals surface area contributed by atoms with Gasteiger partial charge in [-0.05, 0) is 12.1 Å². The van der Waals surface area contributed by atoms with Crippen molar-refractivity contribution in [3.05, 3.63) is 35.8 Å². The first-order valence-corrected chi connectivity index (χ1v) is 7.04. The molecule has 1 amide bonds. The number of hydrogen-bond donors (Lipinski definition) is 2. The molecule has 1 aliphatic rings. The first-order valence-electron chi connectivity index (χ1n) is 7.04. The van der Waals surface area contributed by atoms with E-state index < -0.39 is 0 Å².